The summed E-state index contributed by atoms with van der Waals surface area (Å²) in [6, 6.07) is 4.16. The molecule has 0 radical (unpaired) electrons. The summed E-state index contributed by atoms with van der Waals surface area (Å²) >= 11 is 0. The van der Waals surface area contributed by atoms with E-state index in [9.17, 15) is 4.79 Å². The molecule has 8 nitrogen and oxygen atoms in total. The number of carbonyl (C=O) groups excluding carboxylic acids is 1. The van der Waals surface area contributed by atoms with Gasteiger partial charge >= 0.3 is 0 Å². The molecular formula is C21H35IN6O2. The lowest BCUT2D eigenvalue weighted by Crippen LogP contribution is -2.41. The third kappa shape index (κ3) is 7.57. The summed E-state index contributed by atoms with van der Waals surface area (Å²) in [5.41, 5.74) is 1.08. The van der Waals surface area contributed by atoms with Crippen molar-refractivity contribution in [2.24, 2.45) is 4.99 Å². The smallest absolute Gasteiger partial charge is 0.222 e. The van der Waals surface area contributed by atoms with Crippen LogP contribution in [-0.2, 0) is 16.1 Å². The lowest BCUT2D eigenvalue weighted by atomic mass is 10.2. The van der Waals surface area contributed by atoms with Crippen LogP contribution in [0.4, 0.5) is 5.82 Å². The molecule has 1 unspecified atom stereocenters. The van der Waals surface area contributed by atoms with Crippen LogP contribution in [0.3, 0.4) is 0 Å². The number of carbonyl (C=O) groups is 1. The van der Waals surface area contributed by atoms with Crippen molar-refractivity contribution in [1.82, 2.24) is 20.5 Å². The summed E-state index contributed by atoms with van der Waals surface area (Å²) in [5.74, 6) is 2.08. The molecule has 3 rings (SSSR count). The molecule has 0 aromatic carbocycles. The molecule has 1 amide bonds. The number of ether oxygens (including phenoxy) is 1. The predicted octanol–water partition coefficient (Wildman–Crippen LogP) is 1.99. The quantitative estimate of drug-likeness (QED) is 0.232. The first-order valence-electron chi connectivity index (χ1n) is 10.8. The number of hydrogen-bond acceptors (Lipinski definition) is 5. The minimum atomic E-state index is 0. The van der Waals surface area contributed by atoms with Crippen LogP contribution in [0.5, 0.6) is 0 Å². The Morgan fingerprint density at radius 1 is 1.33 bits per heavy atom. The van der Waals surface area contributed by atoms with E-state index < -0.39 is 0 Å². The molecule has 0 saturated carbocycles. The topological polar surface area (TPSA) is 82.1 Å². The molecule has 0 aliphatic carbocycles. The van der Waals surface area contributed by atoms with Gasteiger partial charge in [0.25, 0.3) is 0 Å². The number of aliphatic imine (C=N–C) groups is 1. The summed E-state index contributed by atoms with van der Waals surface area (Å²) in [4.78, 5) is 25.1. The maximum Gasteiger partial charge on any atom is 0.222 e. The van der Waals surface area contributed by atoms with Crippen LogP contribution >= 0.6 is 24.0 Å². The summed E-state index contributed by atoms with van der Waals surface area (Å²) in [5, 5.41) is 6.63. The number of aromatic nitrogens is 1. The first kappa shape index (κ1) is 24.6. The van der Waals surface area contributed by atoms with Crippen LogP contribution in [0.25, 0.3) is 0 Å². The minimum Gasteiger partial charge on any atom is -0.375 e. The number of rotatable bonds is 8. The standard InChI is InChI=1S/C21H34N6O2.HI/c1-3-22-21(23-9-5-11-26-10-4-6-20(26)28)25-15-18-7-8-19(24-14-18)27-12-13-29-17(2)16-27;/h7-8,14,17H,3-6,9-13,15-16H2,1-2H3,(H2,22,23,25);1H. The zero-order valence-electron chi connectivity index (χ0n) is 18.1. The largest absolute Gasteiger partial charge is 0.375 e. The summed E-state index contributed by atoms with van der Waals surface area (Å²) < 4.78 is 5.60. The molecule has 3 heterocycles. The number of morpholine rings is 1. The molecule has 168 valence electrons. The van der Waals surface area contributed by atoms with Crippen molar-refractivity contribution >= 4 is 41.7 Å². The number of nitrogens with one attached hydrogen (secondary N) is 2. The van der Waals surface area contributed by atoms with Crippen molar-refractivity contribution in [3.8, 4) is 0 Å². The Hall–Kier alpha value is -1.62. The number of guanidine groups is 1. The molecule has 2 fully saturated rings. The van der Waals surface area contributed by atoms with Gasteiger partial charge < -0.3 is 25.2 Å². The summed E-state index contributed by atoms with van der Waals surface area (Å²) in [7, 11) is 0. The Kier molecular flexibility index (Phi) is 10.6. The molecule has 30 heavy (non-hydrogen) atoms. The molecule has 2 saturated heterocycles. The molecule has 0 bridgehead atoms. The highest BCUT2D eigenvalue weighted by atomic mass is 127. The van der Waals surface area contributed by atoms with E-state index in [-0.39, 0.29) is 36.0 Å². The maximum absolute atomic E-state index is 11.7. The number of halogens is 1. The zero-order chi connectivity index (χ0) is 20.5. The Balaban J connectivity index is 0.00000320. The van der Waals surface area contributed by atoms with Gasteiger partial charge in [-0.2, -0.15) is 0 Å². The number of hydrogen-bond donors (Lipinski definition) is 2. The third-order valence-electron chi connectivity index (χ3n) is 5.21. The second kappa shape index (κ2) is 12.9. The lowest BCUT2D eigenvalue weighted by Gasteiger charge is -2.32. The highest BCUT2D eigenvalue weighted by Gasteiger charge is 2.19. The van der Waals surface area contributed by atoms with Gasteiger partial charge in [-0.3, -0.25) is 4.79 Å². The first-order chi connectivity index (χ1) is 14.2. The van der Waals surface area contributed by atoms with E-state index in [1.54, 1.807) is 0 Å². The van der Waals surface area contributed by atoms with Crippen molar-refractivity contribution in [3.05, 3.63) is 23.9 Å². The fourth-order valence-corrected chi connectivity index (χ4v) is 3.65. The highest BCUT2D eigenvalue weighted by molar-refractivity contribution is 14.0. The van der Waals surface area contributed by atoms with Crippen LogP contribution in [-0.4, -0.2) is 73.7 Å². The molecule has 1 aromatic rings. The van der Waals surface area contributed by atoms with Crippen LogP contribution in [0, 0.1) is 0 Å². The van der Waals surface area contributed by atoms with E-state index in [4.69, 9.17) is 4.74 Å². The van der Waals surface area contributed by atoms with Crippen molar-refractivity contribution < 1.29 is 9.53 Å². The van der Waals surface area contributed by atoms with Crippen molar-refractivity contribution in [1.29, 1.82) is 0 Å². The van der Waals surface area contributed by atoms with E-state index in [1.165, 1.54) is 0 Å². The lowest BCUT2D eigenvalue weighted by molar-refractivity contribution is -0.127. The molecule has 0 spiro atoms. The van der Waals surface area contributed by atoms with Crippen LogP contribution in [0.1, 0.15) is 38.7 Å². The second-order valence-corrected chi connectivity index (χ2v) is 7.61. The first-order valence-corrected chi connectivity index (χ1v) is 10.8. The SMILES string of the molecule is CCNC(=NCc1ccc(N2CCOC(C)C2)nc1)NCCCN1CCCC1=O.I. The van der Waals surface area contributed by atoms with Gasteiger partial charge in [0.2, 0.25) is 5.91 Å². The molecule has 2 aliphatic heterocycles. The zero-order valence-corrected chi connectivity index (χ0v) is 20.4. The van der Waals surface area contributed by atoms with Gasteiger partial charge in [-0.25, -0.2) is 9.98 Å². The van der Waals surface area contributed by atoms with Crippen LogP contribution in [0.15, 0.2) is 23.3 Å². The number of nitrogens with zero attached hydrogens (tertiary/aromatic N) is 4. The monoisotopic (exact) mass is 530 g/mol. The van der Waals surface area contributed by atoms with Gasteiger partial charge in [0.05, 0.1) is 19.3 Å². The average Bonchev–Trinajstić information content (AvgIpc) is 3.14. The Morgan fingerprint density at radius 3 is 2.87 bits per heavy atom. The van der Waals surface area contributed by atoms with E-state index in [0.717, 1.165) is 76.1 Å². The van der Waals surface area contributed by atoms with Crippen molar-refractivity contribution in [2.75, 3.05) is 50.8 Å². The molecule has 1 aromatic heterocycles. The van der Waals surface area contributed by atoms with Gasteiger partial charge in [0, 0.05) is 51.9 Å². The van der Waals surface area contributed by atoms with E-state index in [0.29, 0.717) is 13.0 Å². The Bertz CT molecular complexity index is 685. The van der Waals surface area contributed by atoms with E-state index in [1.807, 2.05) is 11.1 Å². The van der Waals surface area contributed by atoms with Gasteiger partial charge in [-0.1, -0.05) is 6.07 Å². The molecule has 9 heteroatoms. The van der Waals surface area contributed by atoms with Crippen molar-refractivity contribution in [2.45, 2.75) is 45.8 Å². The van der Waals surface area contributed by atoms with Crippen LogP contribution in [0.2, 0.25) is 0 Å². The average molecular weight is 530 g/mol. The van der Waals surface area contributed by atoms with Gasteiger partial charge in [0.15, 0.2) is 5.96 Å². The van der Waals surface area contributed by atoms with E-state index >= 15 is 0 Å². The number of likely N-dealkylation sites (tertiary alicyclic amines) is 1. The fourth-order valence-electron chi connectivity index (χ4n) is 3.65. The summed E-state index contributed by atoms with van der Waals surface area (Å²) in [6.45, 7) is 10.5. The second-order valence-electron chi connectivity index (χ2n) is 7.61. The van der Waals surface area contributed by atoms with Gasteiger partial charge in [0.1, 0.15) is 5.82 Å². The van der Waals surface area contributed by atoms with E-state index in [2.05, 4.69) is 51.5 Å². The highest BCUT2D eigenvalue weighted by Crippen LogP contribution is 2.15. The van der Waals surface area contributed by atoms with Gasteiger partial charge in [-0.15, -0.1) is 24.0 Å². The number of anilines is 1. The third-order valence-corrected chi connectivity index (χ3v) is 5.21. The van der Waals surface area contributed by atoms with Crippen molar-refractivity contribution in [3.63, 3.8) is 0 Å². The normalized spacial score (nSPS) is 19.6. The minimum absolute atomic E-state index is 0. The Labute approximate surface area is 196 Å². The maximum atomic E-state index is 11.7. The molecule has 2 N–H and O–H groups in total. The summed E-state index contributed by atoms with van der Waals surface area (Å²) in [6.07, 6.45) is 4.77. The van der Waals surface area contributed by atoms with Gasteiger partial charge in [-0.05, 0) is 38.3 Å². The fraction of sp³-hybridized carbons (Fsp3) is 0.667. The van der Waals surface area contributed by atoms with Crippen LogP contribution < -0.4 is 15.5 Å². The molecule has 1 atom stereocenters. The predicted molar refractivity (Wildman–Crippen MR) is 131 cm³/mol. The Morgan fingerprint density at radius 2 is 2.20 bits per heavy atom. The molecular weight excluding hydrogens is 495 g/mol. The number of pyridine rings is 1. The molecule has 2 aliphatic rings. The number of amides is 1.